The second-order valence-corrected chi connectivity index (χ2v) is 7.44. The number of rotatable bonds is 14. The molecule has 178 valence electrons. The third-order valence-corrected chi connectivity index (χ3v) is 4.86. The van der Waals surface area contributed by atoms with Gasteiger partial charge in [-0.2, -0.15) is 0 Å². The van der Waals surface area contributed by atoms with Gasteiger partial charge in [-0.05, 0) is 12.3 Å². The number of aromatic amines is 1. The third-order valence-electron chi connectivity index (χ3n) is 4.86. The maximum Gasteiger partial charge on any atom is 0.326 e. The number of carbonyl (C=O) groups is 5. The van der Waals surface area contributed by atoms with E-state index in [0.29, 0.717) is 12.1 Å². The summed E-state index contributed by atoms with van der Waals surface area (Å²) in [5, 5.41) is 16.5. The first-order valence-electron chi connectivity index (χ1n) is 10.2. The van der Waals surface area contributed by atoms with Crippen molar-refractivity contribution in [2.45, 2.75) is 57.7 Å². The summed E-state index contributed by atoms with van der Waals surface area (Å²) in [6.07, 6.45) is 3.30. The van der Waals surface area contributed by atoms with Crippen LogP contribution >= 0.6 is 0 Å². The normalized spacial score (nSPS) is 14.5. The number of aliphatic carboxylic acids is 1. The van der Waals surface area contributed by atoms with E-state index in [-0.39, 0.29) is 25.2 Å². The highest BCUT2D eigenvalue weighted by atomic mass is 16.4. The number of nitrogens with one attached hydrogen (secondary N) is 4. The summed E-state index contributed by atoms with van der Waals surface area (Å²) < 4.78 is 0. The Hall–Kier alpha value is -3.48. The molecule has 4 atom stereocenters. The largest absolute Gasteiger partial charge is 0.480 e. The van der Waals surface area contributed by atoms with Crippen LogP contribution in [0.5, 0.6) is 0 Å². The number of imidazole rings is 1. The summed E-state index contributed by atoms with van der Waals surface area (Å²) in [7, 11) is 0. The third kappa shape index (κ3) is 9.12. The molecule has 1 rings (SSSR count). The van der Waals surface area contributed by atoms with E-state index in [1.807, 2.05) is 0 Å². The van der Waals surface area contributed by atoms with E-state index < -0.39 is 54.3 Å². The molecule has 0 aromatic carbocycles. The Balaban J connectivity index is 2.65. The average molecular weight is 454 g/mol. The molecule has 4 unspecified atom stereocenters. The Morgan fingerprint density at radius 3 is 2.41 bits per heavy atom. The molecule has 0 spiro atoms. The van der Waals surface area contributed by atoms with Gasteiger partial charge >= 0.3 is 5.97 Å². The lowest BCUT2D eigenvalue weighted by Gasteiger charge is -2.25. The minimum atomic E-state index is -1.33. The molecular formula is C19H31N7O6. The first-order valence-corrected chi connectivity index (χ1v) is 10.2. The van der Waals surface area contributed by atoms with Crippen LogP contribution in [0.15, 0.2) is 12.5 Å². The van der Waals surface area contributed by atoms with Gasteiger partial charge in [-0.15, -0.1) is 0 Å². The van der Waals surface area contributed by atoms with Gasteiger partial charge in [-0.3, -0.25) is 19.2 Å². The van der Waals surface area contributed by atoms with Gasteiger partial charge in [-0.25, -0.2) is 9.78 Å². The van der Waals surface area contributed by atoms with Crippen molar-refractivity contribution in [1.29, 1.82) is 0 Å². The number of nitrogens with zero attached hydrogens (tertiary/aromatic N) is 1. The second kappa shape index (κ2) is 13.0. The predicted octanol–water partition coefficient (Wildman–Crippen LogP) is -2.24. The fourth-order valence-corrected chi connectivity index (χ4v) is 2.76. The quantitative estimate of drug-likeness (QED) is 0.163. The molecule has 0 saturated carbocycles. The van der Waals surface area contributed by atoms with E-state index in [0.717, 1.165) is 0 Å². The Bertz CT molecular complexity index is 798. The highest BCUT2D eigenvalue weighted by Gasteiger charge is 2.30. The van der Waals surface area contributed by atoms with Gasteiger partial charge in [0, 0.05) is 24.7 Å². The molecule has 13 heteroatoms. The molecule has 0 aliphatic heterocycles. The van der Waals surface area contributed by atoms with E-state index in [2.05, 4.69) is 25.9 Å². The minimum absolute atomic E-state index is 0.179. The van der Waals surface area contributed by atoms with Crippen LogP contribution in [-0.4, -0.2) is 69.3 Å². The molecule has 1 aromatic heterocycles. The Morgan fingerprint density at radius 2 is 1.88 bits per heavy atom. The van der Waals surface area contributed by atoms with Crippen molar-refractivity contribution in [3.05, 3.63) is 18.2 Å². The van der Waals surface area contributed by atoms with Gasteiger partial charge < -0.3 is 37.5 Å². The number of H-pyrrole nitrogens is 1. The maximum atomic E-state index is 12.6. The van der Waals surface area contributed by atoms with Crippen molar-refractivity contribution < 1.29 is 29.1 Å². The van der Waals surface area contributed by atoms with Gasteiger partial charge in [-0.1, -0.05) is 20.3 Å². The lowest BCUT2D eigenvalue weighted by Crippen LogP contribution is -2.56. The monoisotopic (exact) mass is 453 g/mol. The van der Waals surface area contributed by atoms with E-state index in [1.165, 1.54) is 12.5 Å². The molecule has 1 aromatic rings. The molecule has 13 nitrogen and oxygen atoms in total. The van der Waals surface area contributed by atoms with E-state index >= 15 is 0 Å². The molecule has 0 aliphatic carbocycles. The van der Waals surface area contributed by atoms with Gasteiger partial charge in [0.1, 0.15) is 12.1 Å². The number of hydrogen-bond donors (Lipinski definition) is 7. The molecular weight excluding hydrogens is 422 g/mol. The molecule has 0 saturated heterocycles. The van der Waals surface area contributed by atoms with Crippen LogP contribution in [0.2, 0.25) is 0 Å². The average Bonchev–Trinajstić information content (AvgIpc) is 3.24. The van der Waals surface area contributed by atoms with Crippen molar-refractivity contribution in [1.82, 2.24) is 25.9 Å². The van der Waals surface area contributed by atoms with Crippen LogP contribution in [0, 0.1) is 5.92 Å². The number of amides is 4. The van der Waals surface area contributed by atoms with Crippen molar-refractivity contribution in [2.24, 2.45) is 17.4 Å². The second-order valence-electron chi connectivity index (χ2n) is 7.44. The van der Waals surface area contributed by atoms with Crippen molar-refractivity contribution in [2.75, 3.05) is 6.54 Å². The smallest absolute Gasteiger partial charge is 0.326 e. The lowest BCUT2D eigenvalue weighted by atomic mass is 9.97. The molecule has 0 bridgehead atoms. The van der Waals surface area contributed by atoms with Gasteiger partial charge in [0.25, 0.3) is 0 Å². The van der Waals surface area contributed by atoms with Gasteiger partial charge in [0.05, 0.1) is 18.9 Å². The van der Waals surface area contributed by atoms with Crippen LogP contribution in [0.4, 0.5) is 0 Å². The fourth-order valence-electron chi connectivity index (χ4n) is 2.76. The number of nitrogens with two attached hydrogens (primary N) is 2. The summed E-state index contributed by atoms with van der Waals surface area (Å²) in [5.41, 5.74) is 11.5. The number of carbonyl (C=O) groups excluding carboxylic acids is 4. The van der Waals surface area contributed by atoms with Crippen molar-refractivity contribution >= 4 is 29.6 Å². The molecule has 9 N–H and O–H groups in total. The van der Waals surface area contributed by atoms with Crippen molar-refractivity contribution in [3.8, 4) is 0 Å². The Kier molecular flexibility index (Phi) is 10.8. The standard InChI is InChI=1S/C19H31N7O6/c1-3-10(2)16(18(30)25-13(19(31)32)4-5-14(21)27)26-15(28)8-23-17(29)12(20)6-11-7-22-9-24-11/h7,9-10,12-13,16H,3-6,8,20H2,1-2H3,(H2,21,27)(H,22,24)(H,23,29)(H,25,30)(H,26,28)(H,31,32). The Labute approximate surface area is 185 Å². The van der Waals surface area contributed by atoms with Gasteiger partial charge in [0.15, 0.2) is 0 Å². The fraction of sp³-hybridized carbons (Fsp3) is 0.579. The highest BCUT2D eigenvalue weighted by molar-refractivity contribution is 5.92. The van der Waals surface area contributed by atoms with Gasteiger partial charge in [0.2, 0.25) is 23.6 Å². The summed E-state index contributed by atoms with van der Waals surface area (Å²) in [5.74, 6) is -4.27. The zero-order valence-electron chi connectivity index (χ0n) is 18.1. The number of aromatic nitrogens is 2. The van der Waals surface area contributed by atoms with Crippen LogP contribution in [-0.2, 0) is 30.4 Å². The number of carboxylic acid groups (broad SMARTS) is 1. The number of hydrogen-bond acceptors (Lipinski definition) is 7. The molecule has 0 fully saturated rings. The maximum absolute atomic E-state index is 12.6. The molecule has 0 radical (unpaired) electrons. The van der Waals surface area contributed by atoms with Crippen LogP contribution < -0.4 is 27.4 Å². The summed E-state index contributed by atoms with van der Waals surface area (Å²) in [6.45, 7) is 3.09. The summed E-state index contributed by atoms with van der Waals surface area (Å²) in [4.78, 5) is 66.0. The number of carboxylic acids is 1. The number of primary amides is 1. The zero-order valence-corrected chi connectivity index (χ0v) is 18.1. The first-order chi connectivity index (χ1) is 15.0. The van der Waals surface area contributed by atoms with Crippen LogP contribution in [0.25, 0.3) is 0 Å². The zero-order chi connectivity index (χ0) is 24.3. The molecule has 32 heavy (non-hydrogen) atoms. The van der Waals surface area contributed by atoms with E-state index in [4.69, 9.17) is 11.5 Å². The van der Waals surface area contributed by atoms with E-state index in [9.17, 15) is 29.1 Å². The summed E-state index contributed by atoms with van der Waals surface area (Å²) in [6, 6.07) is -3.28. The first kappa shape index (κ1) is 26.6. The lowest BCUT2D eigenvalue weighted by molar-refractivity contribution is -0.143. The predicted molar refractivity (Wildman–Crippen MR) is 113 cm³/mol. The van der Waals surface area contributed by atoms with Crippen molar-refractivity contribution in [3.63, 3.8) is 0 Å². The Morgan fingerprint density at radius 1 is 1.19 bits per heavy atom. The molecule has 4 amide bonds. The summed E-state index contributed by atoms with van der Waals surface area (Å²) >= 11 is 0. The van der Waals surface area contributed by atoms with E-state index in [1.54, 1.807) is 13.8 Å². The SMILES string of the molecule is CCC(C)C(NC(=O)CNC(=O)C(N)Cc1cnc[nH]1)C(=O)NC(CCC(N)=O)C(=O)O. The minimum Gasteiger partial charge on any atom is -0.480 e. The topological polar surface area (TPSA) is 222 Å². The van der Waals surface area contributed by atoms with Crippen LogP contribution in [0.3, 0.4) is 0 Å². The highest BCUT2D eigenvalue weighted by Crippen LogP contribution is 2.09. The molecule has 0 aliphatic rings. The molecule has 1 heterocycles. The van der Waals surface area contributed by atoms with Crippen LogP contribution in [0.1, 0.15) is 38.8 Å².